The molecule has 0 aliphatic carbocycles. The zero-order valence-electron chi connectivity index (χ0n) is 8.60. The van der Waals surface area contributed by atoms with Gasteiger partial charge in [-0.1, -0.05) is 0 Å². The van der Waals surface area contributed by atoms with Crippen molar-refractivity contribution in [2.75, 3.05) is 7.11 Å². The predicted octanol–water partition coefficient (Wildman–Crippen LogP) is 0.779. The molecule has 2 unspecified atom stereocenters. The molecule has 2 rings (SSSR count). The minimum atomic E-state index is 0.0318. The van der Waals surface area contributed by atoms with Gasteiger partial charge in [0.05, 0.1) is 12.1 Å². The summed E-state index contributed by atoms with van der Waals surface area (Å²) in [6, 6.07) is 0.437. The molecule has 1 aromatic rings. The van der Waals surface area contributed by atoms with Crippen LogP contribution < -0.4 is 5.73 Å². The average Bonchev–Trinajstić information content (AvgIpc) is 2.57. The van der Waals surface area contributed by atoms with Crippen LogP contribution in [0.25, 0.3) is 0 Å². The van der Waals surface area contributed by atoms with Crippen LogP contribution in [-0.4, -0.2) is 21.9 Å². The van der Waals surface area contributed by atoms with E-state index in [-0.39, 0.29) is 6.04 Å². The average molecular weight is 196 g/mol. The summed E-state index contributed by atoms with van der Waals surface area (Å²) in [7, 11) is 1.64. The Morgan fingerprint density at radius 2 is 2.36 bits per heavy atom. The largest absolute Gasteiger partial charge is 0.377 e. The number of hydrogen-bond acceptors (Lipinski definition) is 4. The van der Waals surface area contributed by atoms with E-state index in [0.717, 1.165) is 24.5 Å². The molecule has 0 radical (unpaired) electrons. The van der Waals surface area contributed by atoms with Crippen molar-refractivity contribution >= 4 is 0 Å². The summed E-state index contributed by atoms with van der Waals surface area (Å²) in [4.78, 5) is 4.37. The van der Waals surface area contributed by atoms with Gasteiger partial charge in [-0.2, -0.15) is 5.10 Å². The van der Waals surface area contributed by atoms with Crippen LogP contribution in [0.1, 0.15) is 43.5 Å². The van der Waals surface area contributed by atoms with E-state index in [1.807, 2.05) is 4.68 Å². The van der Waals surface area contributed by atoms with Crippen molar-refractivity contribution in [3.8, 4) is 0 Å². The van der Waals surface area contributed by atoms with Crippen LogP contribution in [0.2, 0.25) is 0 Å². The minimum absolute atomic E-state index is 0.0318. The van der Waals surface area contributed by atoms with Crippen LogP contribution >= 0.6 is 0 Å². The van der Waals surface area contributed by atoms with E-state index in [2.05, 4.69) is 17.0 Å². The monoisotopic (exact) mass is 196 g/mol. The fourth-order valence-corrected chi connectivity index (χ4v) is 1.82. The Kier molecular flexibility index (Phi) is 2.52. The molecule has 1 aromatic heterocycles. The zero-order valence-corrected chi connectivity index (χ0v) is 8.60. The van der Waals surface area contributed by atoms with Crippen molar-refractivity contribution in [3.63, 3.8) is 0 Å². The molecule has 0 saturated heterocycles. The number of fused-ring (bicyclic) bond motifs is 1. The van der Waals surface area contributed by atoms with Gasteiger partial charge in [0.1, 0.15) is 12.4 Å². The molecule has 14 heavy (non-hydrogen) atoms. The molecule has 0 bridgehead atoms. The summed E-state index contributed by atoms with van der Waals surface area (Å²) in [6.45, 7) is 2.60. The number of rotatable bonds is 2. The number of hydrogen-bond donors (Lipinski definition) is 1. The summed E-state index contributed by atoms with van der Waals surface area (Å²) in [5.74, 6) is 1.63. The molecule has 5 heteroatoms. The Hall–Kier alpha value is -0.940. The highest BCUT2D eigenvalue weighted by molar-refractivity contribution is 5.02. The Balaban J connectivity index is 2.32. The Morgan fingerprint density at radius 3 is 3.00 bits per heavy atom. The third-order valence-corrected chi connectivity index (χ3v) is 2.62. The van der Waals surface area contributed by atoms with Crippen LogP contribution in [0.5, 0.6) is 0 Å². The van der Waals surface area contributed by atoms with Gasteiger partial charge in [0.15, 0.2) is 5.82 Å². The molecule has 0 saturated carbocycles. The molecule has 1 aliphatic heterocycles. The first kappa shape index (κ1) is 9.61. The summed E-state index contributed by atoms with van der Waals surface area (Å²) < 4.78 is 6.93. The predicted molar refractivity (Wildman–Crippen MR) is 51.6 cm³/mol. The van der Waals surface area contributed by atoms with Gasteiger partial charge in [-0.25, -0.2) is 9.67 Å². The highest BCUT2D eigenvalue weighted by atomic mass is 16.5. The first-order valence-electron chi connectivity index (χ1n) is 4.92. The van der Waals surface area contributed by atoms with Gasteiger partial charge in [-0.3, -0.25) is 0 Å². The quantitative estimate of drug-likeness (QED) is 0.759. The summed E-state index contributed by atoms with van der Waals surface area (Å²) in [5, 5.41) is 4.37. The fraction of sp³-hybridized carbons (Fsp3) is 0.778. The van der Waals surface area contributed by atoms with Gasteiger partial charge in [-0.15, -0.1) is 0 Å². The van der Waals surface area contributed by atoms with Crippen LogP contribution in [0.15, 0.2) is 0 Å². The molecular formula is C9H16N4O. The second-order valence-electron chi connectivity index (χ2n) is 3.80. The summed E-state index contributed by atoms with van der Waals surface area (Å²) in [6.07, 6.45) is 2.07. The standard InChI is InChI=1S/C9H16N4O/c1-6-3-4-7(10)9-11-8(5-14-2)12-13(6)9/h6-7H,3-5,10H2,1-2H3. The number of ether oxygens (including phenoxy) is 1. The minimum Gasteiger partial charge on any atom is -0.377 e. The molecule has 2 N–H and O–H groups in total. The van der Waals surface area contributed by atoms with Crippen molar-refractivity contribution in [1.29, 1.82) is 0 Å². The molecule has 78 valence electrons. The van der Waals surface area contributed by atoms with Gasteiger partial charge in [0, 0.05) is 7.11 Å². The van der Waals surface area contributed by atoms with E-state index in [1.165, 1.54) is 0 Å². The molecule has 1 aliphatic rings. The van der Waals surface area contributed by atoms with Crippen molar-refractivity contribution in [1.82, 2.24) is 14.8 Å². The third-order valence-electron chi connectivity index (χ3n) is 2.62. The van der Waals surface area contributed by atoms with Crippen molar-refractivity contribution < 1.29 is 4.74 Å². The second kappa shape index (κ2) is 3.67. The SMILES string of the molecule is COCc1nc2n(n1)C(C)CCC2N. The first-order valence-corrected chi connectivity index (χ1v) is 4.92. The Morgan fingerprint density at radius 1 is 1.57 bits per heavy atom. The van der Waals surface area contributed by atoms with Crippen molar-refractivity contribution in [2.24, 2.45) is 5.73 Å². The van der Waals surface area contributed by atoms with Gasteiger partial charge in [0.25, 0.3) is 0 Å². The molecule has 0 fully saturated rings. The number of nitrogens with zero attached hydrogens (tertiary/aromatic N) is 3. The number of aromatic nitrogens is 3. The lowest BCUT2D eigenvalue weighted by atomic mass is 10.0. The van der Waals surface area contributed by atoms with Gasteiger partial charge in [-0.05, 0) is 19.8 Å². The van der Waals surface area contributed by atoms with Crippen LogP contribution in [0, 0.1) is 0 Å². The van der Waals surface area contributed by atoms with E-state index in [9.17, 15) is 0 Å². The maximum Gasteiger partial charge on any atom is 0.176 e. The Bertz CT molecular complexity index is 295. The maximum atomic E-state index is 5.95. The topological polar surface area (TPSA) is 66.0 Å². The number of methoxy groups -OCH3 is 1. The van der Waals surface area contributed by atoms with Crippen molar-refractivity contribution in [2.45, 2.75) is 38.5 Å². The van der Waals surface area contributed by atoms with E-state index < -0.39 is 0 Å². The van der Waals surface area contributed by atoms with Gasteiger partial charge >= 0.3 is 0 Å². The zero-order chi connectivity index (χ0) is 10.1. The van der Waals surface area contributed by atoms with Crippen LogP contribution in [0.4, 0.5) is 0 Å². The molecule has 0 aromatic carbocycles. The number of nitrogens with two attached hydrogens (primary N) is 1. The highest BCUT2D eigenvalue weighted by Gasteiger charge is 2.25. The normalized spacial score (nSPS) is 26.2. The molecule has 2 atom stereocenters. The van der Waals surface area contributed by atoms with Crippen molar-refractivity contribution in [3.05, 3.63) is 11.6 Å². The lowest BCUT2D eigenvalue weighted by Gasteiger charge is -2.23. The fourth-order valence-electron chi connectivity index (χ4n) is 1.82. The molecule has 0 amide bonds. The first-order chi connectivity index (χ1) is 6.72. The van der Waals surface area contributed by atoms with E-state index in [0.29, 0.717) is 12.6 Å². The van der Waals surface area contributed by atoms with Crippen LogP contribution in [-0.2, 0) is 11.3 Å². The summed E-state index contributed by atoms with van der Waals surface area (Å²) in [5.41, 5.74) is 5.95. The van der Waals surface area contributed by atoms with E-state index in [1.54, 1.807) is 7.11 Å². The van der Waals surface area contributed by atoms with Crippen LogP contribution in [0.3, 0.4) is 0 Å². The van der Waals surface area contributed by atoms with E-state index >= 15 is 0 Å². The van der Waals surface area contributed by atoms with Gasteiger partial charge < -0.3 is 10.5 Å². The Labute approximate surface area is 83.3 Å². The highest BCUT2D eigenvalue weighted by Crippen LogP contribution is 2.28. The molecular weight excluding hydrogens is 180 g/mol. The molecule has 0 spiro atoms. The smallest absolute Gasteiger partial charge is 0.176 e. The summed E-state index contributed by atoms with van der Waals surface area (Å²) >= 11 is 0. The molecule has 5 nitrogen and oxygen atoms in total. The van der Waals surface area contributed by atoms with E-state index in [4.69, 9.17) is 10.5 Å². The molecule has 2 heterocycles. The van der Waals surface area contributed by atoms with Gasteiger partial charge in [0.2, 0.25) is 0 Å². The lowest BCUT2D eigenvalue weighted by Crippen LogP contribution is -2.25. The lowest BCUT2D eigenvalue weighted by molar-refractivity contribution is 0.177. The maximum absolute atomic E-state index is 5.95. The third kappa shape index (κ3) is 1.53. The second-order valence-corrected chi connectivity index (χ2v) is 3.80.